The van der Waals surface area contributed by atoms with Crippen molar-refractivity contribution in [2.24, 2.45) is 5.92 Å². The van der Waals surface area contributed by atoms with Gasteiger partial charge in [0.15, 0.2) is 0 Å². The summed E-state index contributed by atoms with van der Waals surface area (Å²) in [4.78, 5) is 24.0. The van der Waals surface area contributed by atoms with Crippen molar-refractivity contribution in [3.63, 3.8) is 0 Å². The van der Waals surface area contributed by atoms with Crippen molar-refractivity contribution in [2.75, 3.05) is 6.61 Å². The van der Waals surface area contributed by atoms with Crippen LogP contribution in [0.25, 0.3) is 0 Å². The van der Waals surface area contributed by atoms with Gasteiger partial charge in [-0.3, -0.25) is 0 Å². The lowest BCUT2D eigenvalue weighted by atomic mass is 9.82. The lowest BCUT2D eigenvalue weighted by Crippen LogP contribution is -2.50. The Balaban J connectivity index is 1.78. The van der Waals surface area contributed by atoms with Gasteiger partial charge in [0, 0.05) is 24.6 Å². The summed E-state index contributed by atoms with van der Waals surface area (Å²) in [6.07, 6.45) is 0.948. The SMILES string of the molecule is CC(C)(C)OC(=O)NC1CCC(NC(=O)OCc2ccccc2)C(CO)C1. The predicted octanol–water partition coefficient (Wildman–Crippen LogP) is 2.97. The quantitative estimate of drug-likeness (QED) is 0.732. The molecule has 1 aromatic rings. The molecule has 150 valence electrons. The molecule has 1 aliphatic carbocycles. The predicted molar refractivity (Wildman–Crippen MR) is 101 cm³/mol. The second-order valence-corrected chi connectivity index (χ2v) is 7.91. The Bertz CT molecular complexity index is 615. The second kappa shape index (κ2) is 9.60. The zero-order chi connectivity index (χ0) is 19.9. The molecule has 1 fully saturated rings. The van der Waals surface area contributed by atoms with Crippen LogP contribution in [0.1, 0.15) is 45.6 Å². The van der Waals surface area contributed by atoms with Gasteiger partial charge in [-0.2, -0.15) is 0 Å². The number of benzene rings is 1. The van der Waals surface area contributed by atoms with E-state index < -0.39 is 17.8 Å². The van der Waals surface area contributed by atoms with Crippen LogP contribution in [0.5, 0.6) is 0 Å². The van der Waals surface area contributed by atoms with Crippen LogP contribution in [0.4, 0.5) is 9.59 Å². The molecule has 3 atom stereocenters. The summed E-state index contributed by atoms with van der Waals surface area (Å²) in [6, 6.07) is 9.17. The van der Waals surface area contributed by atoms with E-state index in [0.29, 0.717) is 19.3 Å². The van der Waals surface area contributed by atoms with E-state index in [1.807, 2.05) is 51.1 Å². The summed E-state index contributed by atoms with van der Waals surface area (Å²) < 4.78 is 10.5. The van der Waals surface area contributed by atoms with Crippen LogP contribution in [0.3, 0.4) is 0 Å². The highest BCUT2D eigenvalue weighted by atomic mass is 16.6. The first kappa shape index (κ1) is 21.0. The molecule has 27 heavy (non-hydrogen) atoms. The fraction of sp³-hybridized carbons (Fsp3) is 0.600. The molecule has 7 heteroatoms. The molecular weight excluding hydrogens is 348 g/mol. The van der Waals surface area contributed by atoms with Crippen molar-refractivity contribution in [3.05, 3.63) is 35.9 Å². The molecule has 0 radical (unpaired) electrons. The third-order valence-electron chi connectivity index (χ3n) is 4.45. The fourth-order valence-electron chi connectivity index (χ4n) is 3.18. The highest BCUT2D eigenvalue weighted by Crippen LogP contribution is 2.25. The molecular formula is C20H30N2O5. The summed E-state index contributed by atoms with van der Waals surface area (Å²) in [5.41, 5.74) is 0.360. The van der Waals surface area contributed by atoms with Crippen LogP contribution in [-0.2, 0) is 16.1 Å². The van der Waals surface area contributed by atoms with Gasteiger partial charge in [0.05, 0.1) is 0 Å². The largest absolute Gasteiger partial charge is 0.445 e. The van der Waals surface area contributed by atoms with Crippen LogP contribution < -0.4 is 10.6 Å². The van der Waals surface area contributed by atoms with Gasteiger partial charge in [0.1, 0.15) is 12.2 Å². The van der Waals surface area contributed by atoms with Gasteiger partial charge >= 0.3 is 12.2 Å². The molecule has 0 saturated heterocycles. The first-order valence-corrected chi connectivity index (χ1v) is 9.34. The Morgan fingerprint density at radius 2 is 1.81 bits per heavy atom. The molecule has 1 saturated carbocycles. The van der Waals surface area contributed by atoms with Gasteiger partial charge in [-0.15, -0.1) is 0 Å². The zero-order valence-electron chi connectivity index (χ0n) is 16.2. The molecule has 2 amide bonds. The van der Waals surface area contributed by atoms with E-state index in [0.717, 1.165) is 5.56 Å². The number of aliphatic hydroxyl groups is 1. The molecule has 1 aliphatic rings. The molecule has 0 heterocycles. The number of carbonyl (C=O) groups excluding carboxylic acids is 2. The van der Waals surface area contributed by atoms with Gasteiger partial charge in [0.25, 0.3) is 0 Å². The Labute approximate surface area is 160 Å². The number of carbonyl (C=O) groups is 2. The molecule has 2 rings (SSSR count). The van der Waals surface area contributed by atoms with Crippen LogP contribution in [0, 0.1) is 5.92 Å². The smallest absolute Gasteiger partial charge is 0.407 e. The lowest BCUT2D eigenvalue weighted by molar-refractivity contribution is 0.0456. The van der Waals surface area contributed by atoms with E-state index in [2.05, 4.69) is 10.6 Å². The van der Waals surface area contributed by atoms with Crippen molar-refractivity contribution < 1.29 is 24.2 Å². The first-order valence-electron chi connectivity index (χ1n) is 9.34. The van der Waals surface area contributed by atoms with E-state index in [1.54, 1.807) is 0 Å². The van der Waals surface area contributed by atoms with E-state index in [-0.39, 0.29) is 31.2 Å². The average Bonchev–Trinajstić information content (AvgIpc) is 2.60. The topological polar surface area (TPSA) is 96.9 Å². The maximum atomic E-state index is 12.1. The van der Waals surface area contributed by atoms with Crippen LogP contribution in [-0.4, -0.2) is 41.6 Å². The van der Waals surface area contributed by atoms with Crippen molar-refractivity contribution >= 4 is 12.2 Å². The molecule has 1 aromatic carbocycles. The number of amides is 2. The monoisotopic (exact) mass is 378 g/mol. The molecule has 0 bridgehead atoms. The van der Waals surface area contributed by atoms with Crippen molar-refractivity contribution in [3.8, 4) is 0 Å². The molecule has 3 unspecified atom stereocenters. The lowest BCUT2D eigenvalue weighted by Gasteiger charge is -2.36. The summed E-state index contributed by atoms with van der Waals surface area (Å²) in [6.45, 7) is 5.56. The maximum Gasteiger partial charge on any atom is 0.407 e. The number of aliphatic hydroxyl groups excluding tert-OH is 1. The third kappa shape index (κ3) is 7.46. The number of ether oxygens (including phenoxy) is 2. The highest BCUT2D eigenvalue weighted by molar-refractivity contribution is 5.68. The number of nitrogens with one attached hydrogen (secondary N) is 2. The molecule has 7 nitrogen and oxygen atoms in total. The minimum Gasteiger partial charge on any atom is -0.445 e. The minimum absolute atomic E-state index is 0.0733. The van der Waals surface area contributed by atoms with Gasteiger partial charge in [-0.25, -0.2) is 9.59 Å². The maximum absolute atomic E-state index is 12.1. The zero-order valence-corrected chi connectivity index (χ0v) is 16.2. The van der Waals surface area contributed by atoms with Gasteiger partial charge < -0.3 is 25.2 Å². The molecule has 3 N–H and O–H groups in total. The van der Waals surface area contributed by atoms with Gasteiger partial charge in [-0.05, 0) is 45.6 Å². The number of hydrogen-bond donors (Lipinski definition) is 3. The van der Waals surface area contributed by atoms with Crippen LogP contribution >= 0.6 is 0 Å². The molecule has 0 aromatic heterocycles. The first-order chi connectivity index (χ1) is 12.8. The Hall–Kier alpha value is -2.28. The van der Waals surface area contributed by atoms with E-state index in [4.69, 9.17) is 9.47 Å². The van der Waals surface area contributed by atoms with Crippen molar-refractivity contribution in [2.45, 2.75) is 64.3 Å². The second-order valence-electron chi connectivity index (χ2n) is 7.91. The van der Waals surface area contributed by atoms with Gasteiger partial charge in [0.2, 0.25) is 0 Å². The number of hydrogen-bond acceptors (Lipinski definition) is 5. The summed E-state index contributed by atoms with van der Waals surface area (Å²) >= 11 is 0. The van der Waals surface area contributed by atoms with Crippen LogP contribution in [0.2, 0.25) is 0 Å². The van der Waals surface area contributed by atoms with E-state index in [1.165, 1.54) is 0 Å². The third-order valence-corrected chi connectivity index (χ3v) is 4.45. The average molecular weight is 378 g/mol. The Kier molecular flexibility index (Phi) is 7.47. The molecule has 0 spiro atoms. The van der Waals surface area contributed by atoms with E-state index >= 15 is 0 Å². The minimum atomic E-state index is -0.554. The van der Waals surface area contributed by atoms with Crippen molar-refractivity contribution in [1.29, 1.82) is 0 Å². The Morgan fingerprint density at radius 3 is 2.44 bits per heavy atom. The van der Waals surface area contributed by atoms with Crippen molar-refractivity contribution in [1.82, 2.24) is 10.6 Å². The highest BCUT2D eigenvalue weighted by Gasteiger charge is 2.33. The van der Waals surface area contributed by atoms with E-state index in [9.17, 15) is 14.7 Å². The summed E-state index contributed by atoms with van der Waals surface area (Å²) in [5, 5.41) is 15.4. The standard InChI is InChI=1S/C20H30N2O5/c1-20(2,3)27-19(25)21-16-9-10-17(15(11-16)12-23)22-18(24)26-13-14-7-5-4-6-8-14/h4-8,15-17,23H,9-13H2,1-3H3,(H,21,25)(H,22,24). The van der Waals surface area contributed by atoms with Gasteiger partial charge in [-0.1, -0.05) is 30.3 Å². The normalized spacial score (nSPS) is 22.6. The summed E-state index contributed by atoms with van der Waals surface area (Å²) in [7, 11) is 0. The number of alkyl carbamates (subject to hydrolysis) is 2. The summed E-state index contributed by atoms with van der Waals surface area (Å²) in [5.74, 6) is -0.150. The number of rotatable bonds is 5. The fourth-order valence-corrected chi connectivity index (χ4v) is 3.18. The molecule has 0 aliphatic heterocycles. The van der Waals surface area contributed by atoms with Crippen LogP contribution in [0.15, 0.2) is 30.3 Å². The Morgan fingerprint density at radius 1 is 1.11 bits per heavy atom.